The molecule has 0 spiro atoms. The fourth-order valence-electron chi connectivity index (χ4n) is 4.64. The van der Waals surface area contributed by atoms with Crippen LogP contribution in [0.2, 0.25) is 0 Å². The molecule has 0 bridgehead atoms. The minimum absolute atomic E-state index is 0.125. The van der Waals surface area contributed by atoms with Crippen molar-refractivity contribution in [1.29, 1.82) is 0 Å². The van der Waals surface area contributed by atoms with E-state index >= 15 is 0 Å². The third kappa shape index (κ3) is 3.37. The van der Waals surface area contributed by atoms with Gasteiger partial charge in [-0.15, -0.1) is 5.10 Å². The van der Waals surface area contributed by atoms with Crippen LogP contribution in [0.25, 0.3) is 28.1 Å². The fraction of sp³-hybridized carbons (Fsp3) is 0.435. The van der Waals surface area contributed by atoms with Crippen LogP contribution in [-0.2, 0) is 4.74 Å². The highest BCUT2D eigenvalue weighted by Gasteiger charge is 2.28. The number of anilines is 1. The molecule has 32 heavy (non-hydrogen) atoms. The van der Waals surface area contributed by atoms with Gasteiger partial charge in [0.05, 0.1) is 23.8 Å². The number of hydrogen-bond acceptors (Lipinski definition) is 8. The summed E-state index contributed by atoms with van der Waals surface area (Å²) in [6.45, 7) is 5.76. The van der Waals surface area contributed by atoms with Crippen molar-refractivity contribution in [1.82, 2.24) is 19.6 Å². The van der Waals surface area contributed by atoms with E-state index in [0.717, 1.165) is 54.1 Å². The largest absolute Gasteiger partial charge is 0.473 e. The van der Waals surface area contributed by atoms with E-state index in [1.165, 1.54) is 0 Å². The van der Waals surface area contributed by atoms with Crippen LogP contribution in [0.4, 0.5) is 5.82 Å². The van der Waals surface area contributed by atoms with Gasteiger partial charge < -0.3 is 24.5 Å². The number of nitrogens with two attached hydrogens (primary N) is 1. The van der Waals surface area contributed by atoms with Gasteiger partial charge in [0, 0.05) is 31.4 Å². The molecule has 1 saturated carbocycles. The number of pyridine rings is 1. The minimum Gasteiger partial charge on any atom is -0.473 e. The van der Waals surface area contributed by atoms with Crippen molar-refractivity contribution < 1.29 is 13.9 Å². The van der Waals surface area contributed by atoms with E-state index in [4.69, 9.17) is 19.6 Å². The summed E-state index contributed by atoms with van der Waals surface area (Å²) in [5, 5.41) is 5.62. The molecule has 2 fully saturated rings. The Kier molecular flexibility index (Phi) is 4.55. The summed E-state index contributed by atoms with van der Waals surface area (Å²) in [6.07, 6.45) is 5.69. The zero-order valence-corrected chi connectivity index (χ0v) is 18.1. The summed E-state index contributed by atoms with van der Waals surface area (Å²) in [6, 6.07) is 7.88. The molecule has 0 aromatic carbocycles. The summed E-state index contributed by atoms with van der Waals surface area (Å²) in [7, 11) is 0. The molecular formula is C23H26N6O3. The maximum absolute atomic E-state index is 6.22. The smallest absolute Gasteiger partial charge is 0.232 e. The molecule has 4 aromatic rings. The van der Waals surface area contributed by atoms with Crippen molar-refractivity contribution in [2.75, 3.05) is 18.0 Å². The van der Waals surface area contributed by atoms with E-state index < -0.39 is 0 Å². The van der Waals surface area contributed by atoms with E-state index in [0.29, 0.717) is 11.6 Å². The SMILES string of the molecule is C[C@@H]1CN(c2nccc3oc(-c4cnc5ccc(O[C@H]6C[C@H](N)C6)nn45)cc23)C[C@H](C)O1. The number of fused-ring (bicyclic) bond motifs is 2. The second-order valence-electron chi connectivity index (χ2n) is 8.88. The molecule has 2 atom stereocenters. The zero-order valence-electron chi connectivity index (χ0n) is 18.1. The van der Waals surface area contributed by atoms with E-state index in [1.807, 2.05) is 24.3 Å². The summed E-state index contributed by atoms with van der Waals surface area (Å²) >= 11 is 0. The van der Waals surface area contributed by atoms with Crippen LogP contribution in [0, 0.1) is 0 Å². The van der Waals surface area contributed by atoms with Crippen molar-refractivity contribution in [2.24, 2.45) is 5.73 Å². The first-order chi connectivity index (χ1) is 15.5. The molecule has 6 rings (SSSR count). The van der Waals surface area contributed by atoms with Crippen molar-refractivity contribution in [3.63, 3.8) is 0 Å². The average Bonchev–Trinajstić information content (AvgIpc) is 3.35. The van der Waals surface area contributed by atoms with Gasteiger partial charge in [0.1, 0.15) is 23.2 Å². The van der Waals surface area contributed by atoms with Gasteiger partial charge in [0.25, 0.3) is 0 Å². The fourth-order valence-corrected chi connectivity index (χ4v) is 4.64. The van der Waals surface area contributed by atoms with Crippen LogP contribution in [-0.4, -0.2) is 57.0 Å². The van der Waals surface area contributed by atoms with E-state index in [1.54, 1.807) is 16.9 Å². The van der Waals surface area contributed by atoms with Crippen LogP contribution < -0.4 is 15.4 Å². The van der Waals surface area contributed by atoms with Crippen LogP contribution in [0.1, 0.15) is 26.7 Å². The van der Waals surface area contributed by atoms with Crippen LogP contribution >= 0.6 is 0 Å². The molecule has 9 nitrogen and oxygen atoms in total. The Morgan fingerprint density at radius 2 is 1.91 bits per heavy atom. The van der Waals surface area contributed by atoms with Gasteiger partial charge in [0.2, 0.25) is 5.88 Å². The normalized spacial score (nSPS) is 25.9. The topological polar surface area (TPSA) is 104 Å². The number of imidazole rings is 1. The molecule has 1 aliphatic heterocycles. The molecule has 1 aliphatic carbocycles. The van der Waals surface area contributed by atoms with E-state index in [9.17, 15) is 0 Å². The zero-order chi connectivity index (χ0) is 21.8. The molecular weight excluding hydrogens is 408 g/mol. The van der Waals surface area contributed by atoms with Crippen LogP contribution in [0.15, 0.2) is 41.1 Å². The molecule has 166 valence electrons. The first kappa shape index (κ1) is 19.5. The third-order valence-corrected chi connectivity index (χ3v) is 6.15. The molecule has 1 saturated heterocycles. The number of aromatic nitrogens is 4. The quantitative estimate of drug-likeness (QED) is 0.523. The molecule has 2 aliphatic rings. The second-order valence-corrected chi connectivity index (χ2v) is 8.88. The number of morpholine rings is 1. The first-order valence-electron chi connectivity index (χ1n) is 11.1. The van der Waals surface area contributed by atoms with Gasteiger partial charge in [-0.3, -0.25) is 0 Å². The van der Waals surface area contributed by atoms with Crippen molar-refractivity contribution in [3.05, 3.63) is 36.7 Å². The number of nitrogens with zero attached hydrogens (tertiary/aromatic N) is 5. The lowest BCUT2D eigenvalue weighted by Gasteiger charge is -2.36. The maximum Gasteiger partial charge on any atom is 0.232 e. The molecule has 2 N–H and O–H groups in total. The Labute approximate surface area is 185 Å². The molecule has 0 radical (unpaired) electrons. The van der Waals surface area contributed by atoms with Gasteiger partial charge in [-0.1, -0.05) is 0 Å². The van der Waals surface area contributed by atoms with Gasteiger partial charge in [0.15, 0.2) is 11.4 Å². The lowest BCUT2D eigenvalue weighted by molar-refractivity contribution is -0.00536. The van der Waals surface area contributed by atoms with E-state index in [2.05, 4.69) is 33.8 Å². The van der Waals surface area contributed by atoms with Crippen LogP contribution in [0.5, 0.6) is 5.88 Å². The number of hydrogen-bond donors (Lipinski definition) is 1. The highest BCUT2D eigenvalue weighted by atomic mass is 16.5. The summed E-state index contributed by atoms with van der Waals surface area (Å²) in [4.78, 5) is 11.4. The Bertz CT molecular complexity index is 1270. The molecule has 9 heteroatoms. The van der Waals surface area contributed by atoms with E-state index in [-0.39, 0.29) is 24.4 Å². The Morgan fingerprint density at radius 1 is 1.09 bits per heavy atom. The minimum atomic E-state index is 0.125. The predicted octanol–water partition coefficient (Wildman–Crippen LogP) is 3.02. The van der Waals surface area contributed by atoms with Crippen molar-refractivity contribution in [3.8, 4) is 17.3 Å². The van der Waals surface area contributed by atoms with Crippen molar-refractivity contribution in [2.45, 2.75) is 51.0 Å². The third-order valence-electron chi connectivity index (χ3n) is 6.15. The Morgan fingerprint density at radius 3 is 2.69 bits per heavy atom. The first-order valence-corrected chi connectivity index (χ1v) is 11.1. The number of ether oxygens (including phenoxy) is 2. The lowest BCUT2D eigenvalue weighted by atomic mass is 9.90. The second kappa shape index (κ2) is 7.46. The summed E-state index contributed by atoms with van der Waals surface area (Å²) in [5.41, 5.74) is 8.15. The van der Waals surface area contributed by atoms with Gasteiger partial charge in [-0.05, 0) is 44.9 Å². The lowest BCUT2D eigenvalue weighted by Crippen LogP contribution is -2.45. The molecule has 0 amide bonds. The number of furan rings is 1. The molecule has 5 heterocycles. The van der Waals surface area contributed by atoms with Gasteiger partial charge in [-0.2, -0.15) is 0 Å². The maximum atomic E-state index is 6.22. The molecule has 4 aromatic heterocycles. The highest BCUT2D eigenvalue weighted by molar-refractivity contribution is 5.92. The Hall–Kier alpha value is -3.17. The summed E-state index contributed by atoms with van der Waals surface area (Å²) in [5.74, 6) is 2.15. The van der Waals surface area contributed by atoms with Crippen LogP contribution in [0.3, 0.4) is 0 Å². The predicted molar refractivity (Wildman–Crippen MR) is 120 cm³/mol. The standard InChI is InChI=1S/C23H26N6O3/c1-13-11-28(12-14(2)30-13)23-17-9-20(32-19(17)5-6-25-23)18-10-26-21-3-4-22(27-29(18)21)31-16-7-15(24)8-16/h3-6,9-10,13-16H,7-8,11-12,24H2,1-2H3/t13-,14+,15-,16-. The van der Waals surface area contributed by atoms with Crippen molar-refractivity contribution >= 4 is 22.4 Å². The van der Waals surface area contributed by atoms with Gasteiger partial charge >= 0.3 is 0 Å². The summed E-state index contributed by atoms with van der Waals surface area (Å²) < 4.78 is 19.8. The number of rotatable bonds is 4. The Balaban J connectivity index is 1.37. The highest BCUT2D eigenvalue weighted by Crippen LogP contribution is 2.34. The van der Waals surface area contributed by atoms with Gasteiger partial charge in [-0.25, -0.2) is 14.5 Å². The monoisotopic (exact) mass is 434 g/mol. The average molecular weight is 435 g/mol. The molecule has 0 unspecified atom stereocenters.